The van der Waals surface area contributed by atoms with Gasteiger partial charge >= 0.3 is 0 Å². The Labute approximate surface area is 169 Å². The maximum absolute atomic E-state index is 14.2. The topological polar surface area (TPSA) is 29.1 Å². The van der Waals surface area contributed by atoms with E-state index >= 15 is 0 Å². The minimum Gasteiger partial charge on any atom is -0.336 e. The molecular formula is C24H44NOP. The van der Waals surface area contributed by atoms with E-state index in [9.17, 15) is 4.57 Å². The van der Waals surface area contributed by atoms with Crippen molar-refractivity contribution in [2.45, 2.75) is 92.4 Å². The lowest BCUT2D eigenvalue weighted by atomic mass is 10.0. The molecule has 0 aromatic heterocycles. The van der Waals surface area contributed by atoms with Gasteiger partial charge in [0, 0.05) is 18.0 Å². The molecule has 0 spiro atoms. The van der Waals surface area contributed by atoms with E-state index in [1.807, 2.05) is 0 Å². The van der Waals surface area contributed by atoms with Gasteiger partial charge in [0.15, 0.2) is 7.29 Å². The summed E-state index contributed by atoms with van der Waals surface area (Å²) in [6.45, 7) is 11.2. The Morgan fingerprint density at radius 3 is 1.81 bits per heavy atom. The van der Waals surface area contributed by atoms with Gasteiger partial charge in [-0.15, -0.1) is 0 Å². The molecule has 1 rings (SSSR count). The normalized spacial score (nSPS) is 15.9. The Kier molecular flexibility index (Phi) is 12.1. The lowest BCUT2D eigenvalue weighted by molar-refractivity contribution is 0.464. The fraction of sp³-hybridized carbons (Fsp3) is 0.750. The van der Waals surface area contributed by atoms with Crippen molar-refractivity contribution >= 4 is 13.0 Å². The van der Waals surface area contributed by atoms with Crippen molar-refractivity contribution in [1.29, 1.82) is 0 Å². The van der Waals surface area contributed by atoms with Gasteiger partial charge in [0.05, 0.1) is 0 Å². The summed E-state index contributed by atoms with van der Waals surface area (Å²) >= 11 is 0. The van der Waals surface area contributed by atoms with Crippen molar-refractivity contribution in [3.63, 3.8) is 0 Å². The molecule has 3 heteroatoms. The van der Waals surface area contributed by atoms with E-state index in [1.165, 1.54) is 44.1 Å². The number of aryl methyl sites for hydroxylation is 1. The predicted octanol–water partition coefficient (Wildman–Crippen LogP) is 8.37. The first kappa shape index (κ1) is 24.3. The minimum absolute atomic E-state index is 0.570. The number of nitrogens with one attached hydrogen (secondary N) is 1. The van der Waals surface area contributed by atoms with Crippen molar-refractivity contribution in [3.8, 4) is 0 Å². The second-order valence-electron chi connectivity index (χ2n) is 8.21. The molecule has 1 N–H and O–H groups in total. The Bertz CT molecular complexity index is 535. The Balaban J connectivity index is 3.03. The number of anilines is 1. The summed E-state index contributed by atoms with van der Waals surface area (Å²) in [5, 5.41) is 3.61. The van der Waals surface area contributed by atoms with Crippen LogP contribution in [0.25, 0.3) is 0 Å². The Hall–Kier alpha value is -0.750. The van der Waals surface area contributed by atoms with Crippen LogP contribution in [0.2, 0.25) is 0 Å². The van der Waals surface area contributed by atoms with Gasteiger partial charge in [-0.25, -0.2) is 0 Å². The highest BCUT2D eigenvalue weighted by molar-refractivity contribution is 7.65. The second kappa shape index (κ2) is 13.4. The van der Waals surface area contributed by atoms with Crippen LogP contribution < -0.4 is 5.09 Å². The summed E-state index contributed by atoms with van der Waals surface area (Å²) in [4.78, 5) is 0. The molecular weight excluding hydrogens is 349 g/mol. The van der Waals surface area contributed by atoms with E-state index in [0.29, 0.717) is 11.8 Å². The molecule has 156 valence electrons. The van der Waals surface area contributed by atoms with Gasteiger partial charge in [-0.05, 0) is 42.7 Å². The average Bonchev–Trinajstić information content (AvgIpc) is 2.68. The van der Waals surface area contributed by atoms with Gasteiger partial charge in [0.1, 0.15) is 0 Å². The van der Waals surface area contributed by atoms with E-state index in [2.05, 4.69) is 64.0 Å². The standard InChI is InChI=1S/C24H44NOP/c1-6-11-15-21(8-3)19-27(26,20-22(9-4)16-12-7-2)25-24-18-14-13-17-23(24)10-5/h13-14,17-18,21-22H,6-12,15-16,19-20H2,1-5H3,(H,25,26). The van der Waals surface area contributed by atoms with Crippen molar-refractivity contribution in [2.75, 3.05) is 17.4 Å². The fourth-order valence-corrected chi connectivity index (χ4v) is 7.53. The van der Waals surface area contributed by atoms with Crippen LogP contribution in [0.4, 0.5) is 5.69 Å². The highest BCUT2D eigenvalue weighted by Crippen LogP contribution is 2.51. The van der Waals surface area contributed by atoms with E-state index in [4.69, 9.17) is 0 Å². The highest BCUT2D eigenvalue weighted by atomic mass is 31.2. The third kappa shape index (κ3) is 8.86. The summed E-state index contributed by atoms with van der Waals surface area (Å²) in [5.74, 6) is 1.14. The molecule has 0 heterocycles. The number of hydrogen-bond donors (Lipinski definition) is 1. The third-order valence-electron chi connectivity index (χ3n) is 5.92. The molecule has 27 heavy (non-hydrogen) atoms. The largest absolute Gasteiger partial charge is 0.336 e. The molecule has 0 bridgehead atoms. The monoisotopic (exact) mass is 393 g/mol. The van der Waals surface area contributed by atoms with Crippen LogP contribution in [-0.2, 0) is 11.0 Å². The Morgan fingerprint density at radius 2 is 1.37 bits per heavy atom. The summed E-state index contributed by atoms with van der Waals surface area (Å²) in [6.07, 6.45) is 12.3. The summed E-state index contributed by atoms with van der Waals surface area (Å²) < 4.78 is 14.2. The van der Waals surface area contributed by atoms with Gasteiger partial charge < -0.3 is 9.65 Å². The SMILES string of the molecule is CCCCC(CC)CP(=O)(CC(CC)CCCC)Nc1ccccc1CC. The molecule has 1 aromatic carbocycles. The molecule has 0 aliphatic carbocycles. The fourth-order valence-electron chi connectivity index (χ4n) is 3.99. The molecule has 1 aromatic rings. The van der Waals surface area contributed by atoms with Crippen LogP contribution in [-0.4, -0.2) is 12.3 Å². The van der Waals surface area contributed by atoms with Gasteiger partial charge in [-0.3, -0.25) is 0 Å². The van der Waals surface area contributed by atoms with Crippen molar-refractivity contribution in [2.24, 2.45) is 11.8 Å². The zero-order valence-electron chi connectivity index (χ0n) is 18.6. The number of unbranched alkanes of at least 4 members (excludes halogenated alkanes) is 2. The van der Waals surface area contributed by atoms with E-state index in [-0.39, 0.29) is 0 Å². The number of benzene rings is 1. The first-order chi connectivity index (χ1) is 13.0. The lowest BCUT2D eigenvalue weighted by Crippen LogP contribution is -2.18. The first-order valence-electron chi connectivity index (χ1n) is 11.5. The maximum atomic E-state index is 14.2. The van der Waals surface area contributed by atoms with Gasteiger partial charge in [0.25, 0.3) is 0 Å². The van der Waals surface area contributed by atoms with Crippen LogP contribution in [0.5, 0.6) is 0 Å². The summed E-state index contributed by atoms with van der Waals surface area (Å²) in [7, 11) is -2.46. The summed E-state index contributed by atoms with van der Waals surface area (Å²) in [6, 6.07) is 8.43. The van der Waals surface area contributed by atoms with Gasteiger partial charge in [-0.1, -0.05) is 91.3 Å². The van der Waals surface area contributed by atoms with Crippen LogP contribution in [0.1, 0.15) is 91.5 Å². The van der Waals surface area contributed by atoms with Gasteiger partial charge in [-0.2, -0.15) is 0 Å². The van der Waals surface area contributed by atoms with Crippen LogP contribution in [0.3, 0.4) is 0 Å². The zero-order chi connectivity index (χ0) is 20.1. The van der Waals surface area contributed by atoms with Crippen molar-refractivity contribution < 1.29 is 4.57 Å². The average molecular weight is 394 g/mol. The Morgan fingerprint density at radius 1 is 0.852 bits per heavy atom. The molecule has 0 saturated carbocycles. The molecule has 0 aliphatic rings. The number of para-hydroxylation sites is 1. The van der Waals surface area contributed by atoms with Crippen molar-refractivity contribution in [3.05, 3.63) is 29.8 Å². The second-order valence-corrected chi connectivity index (χ2v) is 10.9. The molecule has 2 nitrogen and oxygen atoms in total. The third-order valence-corrected chi connectivity index (χ3v) is 8.78. The molecule has 0 fully saturated rings. The highest BCUT2D eigenvalue weighted by Gasteiger charge is 2.29. The van der Waals surface area contributed by atoms with Crippen molar-refractivity contribution in [1.82, 2.24) is 0 Å². The smallest absolute Gasteiger partial charge is 0.170 e. The number of rotatable bonds is 15. The molecule has 0 radical (unpaired) electrons. The molecule has 2 atom stereocenters. The zero-order valence-corrected chi connectivity index (χ0v) is 19.5. The molecule has 0 amide bonds. The van der Waals surface area contributed by atoms with Crippen LogP contribution in [0, 0.1) is 11.8 Å². The van der Waals surface area contributed by atoms with Gasteiger partial charge in [0.2, 0.25) is 0 Å². The molecule has 0 aliphatic heterocycles. The van der Waals surface area contributed by atoms with E-state index < -0.39 is 7.29 Å². The maximum Gasteiger partial charge on any atom is 0.170 e. The van der Waals surface area contributed by atoms with Crippen LogP contribution in [0.15, 0.2) is 24.3 Å². The molecule has 2 unspecified atom stereocenters. The first-order valence-corrected chi connectivity index (χ1v) is 13.5. The minimum atomic E-state index is -2.46. The predicted molar refractivity (Wildman–Crippen MR) is 123 cm³/mol. The quantitative estimate of drug-likeness (QED) is 0.303. The lowest BCUT2D eigenvalue weighted by Gasteiger charge is -2.29. The van der Waals surface area contributed by atoms with E-state index in [0.717, 1.165) is 37.3 Å². The van der Waals surface area contributed by atoms with E-state index in [1.54, 1.807) is 0 Å². The molecule has 0 saturated heterocycles. The summed E-state index contributed by atoms with van der Waals surface area (Å²) in [5.41, 5.74) is 2.37. The number of hydrogen-bond acceptors (Lipinski definition) is 1. The van der Waals surface area contributed by atoms with Crippen LogP contribution >= 0.6 is 7.29 Å².